The minimum absolute atomic E-state index is 0.303. The minimum atomic E-state index is -0.723. The number of esters is 1. The molecule has 22 heavy (non-hydrogen) atoms. The predicted molar refractivity (Wildman–Crippen MR) is 93.1 cm³/mol. The molecule has 1 aromatic heterocycles. The number of benzene rings is 1. The van der Waals surface area contributed by atoms with Crippen LogP contribution in [0.5, 0.6) is 0 Å². The van der Waals surface area contributed by atoms with E-state index in [1.807, 2.05) is 30.3 Å². The van der Waals surface area contributed by atoms with E-state index in [2.05, 4.69) is 37.2 Å². The molecule has 116 valence electrons. The molecule has 1 atom stereocenters. The predicted octanol–water partition coefficient (Wildman–Crippen LogP) is 3.79. The molecule has 0 saturated heterocycles. The van der Waals surface area contributed by atoms with E-state index < -0.39 is 12.0 Å². The van der Waals surface area contributed by atoms with Crippen LogP contribution in [0.4, 0.5) is 0 Å². The van der Waals surface area contributed by atoms with Gasteiger partial charge in [-0.3, -0.25) is 4.79 Å². The van der Waals surface area contributed by atoms with E-state index >= 15 is 0 Å². The molecule has 4 nitrogen and oxygen atoms in total. The molecular weight excluding hydrogens is 434 g/mol. The van der Waals surface area contributed by atoms with Crippen molar-refractivity contribution in [2.45, 2.75) is 12.5 Å². The zero-order chi connectivity index (χ0) is 16.1. The molecule has 0 saturated carbocycles. The van der Waals surface area contributed by atoms with Gasteiger partial charge in [0.1, 0.15) is 6.04 Å². The molecule has 0 bridgehead atoms. The van der Waals surface area contributed by atoms with Gasteiger partial charge >= 0.3 is 5.97 Å². The summed E-state index contributed by atoms with van der Waals surface area (Å²) in [7, 11) is 1.31. The molecular formula is C15H13Br2NO3S. The number of halogens is 2. The van der Waals surface area contributed by atoms with Crippen molar-refractivity contribution in [3.63, 3.8) is 0 Å². The maximum atomic E-state index is 12.3. The van der Waals surface area contributed by atoms with Crippen molar-refractivity contribution in [3.8, 4) is 0 Å². The van der Waals surface area contributed by atoms with Crippen molar-refractivity contribution in [1.29, 1.82) is 0 Å². The number of rotatable bonds is 5. The smallest absolute Gasteiger partial charge is 0.328 e. The van der Waals surface area contributed by atoms with Crippen LogP contribution in [0.1, 0.15) is 15.2 Å². The van der Waals surface area contributed by atoms with Crippen molar-refractivity contribution in [2.24, 2.45) is 0 Å². The molecule has 0 spiro atoms. The Morgan fingerprint density at radius 3 is 2.50 bits per heavy atom. The number of amides is 1. The lowest BCUT2D eigenvalue weighted by atomic mass is 10.1. The van der Waals surface area contributed by atoms with Gasteiger partial charge in [-0.25, -0.2) is 4.79 Å². The molecule has 0 aliphatic carbocycles. The molecule has 1 aromatic carbocycles. The highest BCUT2D eigenvalue weighted by molar-refractivity contribution is 9.13. The SMILES string of the molecule is COC(=O)[C@@H](Cc1ccccc1)NC(=O)c1cc(Br)c(Br)s1. The van der Waals surface area contributed by atoms with E-state index in [0.29, 0.717) is 11.3 Å². The standard InChI is InChI=1S/C15H13Br2NO3S/c1-21-15(20)11(7-9-5-3-2-4-6-9)18-14(19)12-8-10(16)13(17)22-12/h2-6,8,11H,7H2,1H3,(H,18,19)/t11-/m1/s1. The molecule has 2 aromatic rings. The second-order valence-electron chi connectivity index (χ2n) is 4.47. The van der Waals surface area contributed by atoms with Gasteiger partial charge in [0, 0.05) is 10.9 Å². The summed E-state index contributed by atoms with van der Waals surface area (Å²) in [5, 5.41) is 2.73. The van der Waals surface area contributed by atoms with Crippen LogP contribution in [0.15, 0.2) is 44.7 Å². The molecule has 0 fully saturated rings. The molecule has 0 unspecified atom stereocenters. The molecule has 0 radical (unpaired) electrons. The lowest BCUT2D eigenvalue weighted by Gasteiger charge is -2.16. The number of carbonyl (C=O) groups is 2. The van der Waals surface area contributed by atoms with E-state index in [-0.39, 0.29) is 5.91 Å². The van der Waals surface area contributed by atoms with Crippen molar-refractivity contribution in [3.05, 3.63) is 55.1 Å². The van der Waals surface area contributed by atoms with Gasteiger partial charge in [0.05, 0.1) is 15.8 Å². The van der Waals surface area contributed by atoms with Gasteiger partial charge in [-0.05, 0) is 43.5 Å². The van der Waals surface area contributed by atoms with Gasteiger partial charge < -0.3 is 10.1 Å². The lowest BCUT2D eigenvalue weighted by Crippen LogP contribution is -2.42. The van der Waals surface area contributed by atoms with Crippen LogP contribution in [0.2, 0.25) is 0 Å². The second kappa shape index (κ2) is 7.89. The maximum Gasteiger partial charge on any atom is 0.328 e. The van der Waals surface area contributed by atoms with E-state index in [4.69, 9.17) is 4.74 Å². The third kappa shape index (κ3) is 4.41. The molecule has 7 heteroatoms. The zero-order valence-electron chi connectivity index (χ0n) is 11.6. The Hall–Kier alpha value is -1.18. The van der Waals surface area contributed by atoms with Crippen LogP contribution in [0, 0.1) is 0 Å². The Bertz CT molecular complexity index is 653. The number of thiophene rings is 1. The summed E-state index contributed by atoms with van der Waals surface area (Å²) in [6.07, 6.45) is 0.382. The largest absolute Gasteiger partial charge is 0.467 e. The average molecular weight is 447 g/mol. The first-order chi connectivity index (χ1) is 10.5. The summed E-state index contributed by atoms with van der Waals surface area (Å²) in [4.78, 5) is 24.7. The normalized spacial score (nSPS) is 11.8. The molecule has 2 rings (SSSR count). The van der Waals surface area contributed by atoms with E-state index in [1.54, 1.807) is 6.07 Å². The summed E-state index contributed by atoms with van der Waals surface area (Å²) in [6.45, 7) is 0. The van der Waals surface area contributed by atoms with E-state index in [9.17, 15) is 9.59 Å². The fraction of sp³-hybridized carbons (Fsp3) is 0.200. The van der Waals surface area contributed by atoms with Crippen LogP contribution in [-0.2, 0) is 16.0 Å². The highest BCUT2D eigenvalue weighted by Gasteiger charge is 2.23. The summed E-state index contributed by atoms with van der Waals surface area (Å²) >= 11 is 7.98. The van der Waals surface area contributed by atoms with Crippen LogP contribution in [0.25, 0.3) is 0 Å². The van der Waals surface area contributed by atoms with Crippen LogP contribution in [0.3, 0.4) is 0 Å². The first-order valence-corrected chi connectivity index (χ1v) is 8.79. The van der Waals surface area contributed by atoms with Crippen LogP contribution >= 0.6 is 43.2 Å². The van der Waals surface area contributed by atoms with Gasteiger partial charge in [0.25, 0.3) is 5.91 Å². The third-order valence-electron chi connectivity index (χ3n) is 2.94. The number of hydrogen-bond donors (Lipinski definition) is 1. The minimum Gasteiger partial charge on any atom is -0.467 e. The van der Waals surface area contributed by atoms with Crippen molar-refractivity contribution >= 4 is 55.1 Å². The summed E-state index contributed by atoms with van der Waals surface area (Å²) in [5.41, 5.74) is 0.951. The number of methoxy groups -OCH3 is 1. The quantitative estimate of drug-likeness (QED) is 0.711. The highest BCUT2D eigenvalue weighted by Crippen LogP contribution is 2.32. The fourth-order valence-corrected chi connectivity index (χ4v) is 3.81. The van der Waals surface area contributed by atoms with Crippen molar-refractivity contribution < 1.29 is 14.3 Å². The van der Waals surface area contributed by atoms with Crippen molar-refractivity contribution in [2.75, 3.05) is 7.11 Å². The number of hydrogen-bond acceptors (Lipinski definition) is 4. The molecule has 0 aliphatic heterocycles. The Kier molecular flexibility index (Phi) is 6.16. The molecule has 1 amide bonds. The molecule has 1 N–H and O–H groups in total. The van der Waals surface area contributed by atoms with Crippen LogP contribution in [-0.4, -0.2) is 25.0 Å². The summed E-state index contributed by atoms with van der Waals surface area (Å²) in [5.74, 6) is -0.769. The second-order valence-corrected chi connectivity index (χ2v) is 7.70. The Labute approximate surface area is 149 Å². The summed E-state index contributed by atoms with van der Waals surface area (Å²) in [6, 6.07) is 10.5. The van der Waals surface area contributed by atoms with Gasteiger partial charge in [0.2, 0.25) is 0 Å². The lowest BCUT2D eigenvalue weighted by molar-refractivity contribution is -0.142. The highest BCUT2D eigenvalue weighted by atomic mass is 79.9. The monoisotopic (exact) mass is 445 g/mol. The van der Waals surface area contributed by atoms with E-state index in [0.717, 1.165) is 13.8 Å². The number of carbonyl (C=O) groups excluding carboxylic acids is 2. The first kappa shape index (κ1) is 17.2. The molecule has 0 aliphatic rings. The van der Waals surface area contributed by atoms with Crippen molar-refractivity contribution in [1.82, 2.24) is 5.32 Å². The topological polar surface area (TPSA) is 55.4 Å². The van der Waals surface area contributed by atoms with Gasteiger partial charge in [-0.2, -0.15) is 0 Å². The maximum absolute atomic E-state index is 12.3. The van der Waals surface area contributed by atoms with Gasteiger partial charge in [-0.1, -0.05) is 30.3 Å². The summed E-state index contributed by atoms with van der Waals surface area (Å²) < 4.78 is 6.42. The molecule has 1 heterocycles. The Morgan fingerprint density at radius 1 is 1.27 bits per heavy atom. The Morgan fingerprint density at radius 2 is 1.95 bits per heavy atom. The average Bonchev–Trinajstić information content (AvgIpc) is 2.86. The van der Waals surface area contributed by atoms with Gasteiger partial charge in [-0.15, -0.1) is 11.3 Å². The van der Waals surface area contributed by atoms with Gasteiger partial charge in [0.15, 0.2) is 0 Å². The van der Waals surface area contributed by atoms with E-state index in [1.165, 1.54) is 18.4 Å². The zero-order valence-corrected chi connectivity index (χ0v) is 15.6. The van der Waals surface area contributed by atoms with Crippen LogP contribution < -0.4 is 5.32 Å². The first-order valence-electron chi connectivity index (χ1n) is 6.38. The fourth-order valence-electron chi connectivity index (χ4n) is 1.87. The number of ether oxygens (including phenoxy) is 1. The Balaban J connectivity index is 2.12. The third-order valence-corrected chi connectivity index (χ3v) is 6.20. The number of nitrogens with one attached hydrogen (secondary N) is 1.